The van der Waals surface area contributed by atoms with Gasteiger partial charge in [-0.1, -0.05) is 12.1 Å². The first kappa shape index (κ1) is 28.1. The Hall–Kier alpha value is -1.10. The number of rotatable bonds is 9. The van der Waals surface area contributed by atoms with Crippen LogP contribution in [0.15, 0.2) is 29.3 Å². The standard InChI is InChI=1S/C25H42N4O3.HI/c1-26-25(29-15-12-23(13-16-29)32-18-6-17-30-3)27-19-21-7-5-14-28(2)24(21)20-8-10-22(31-4)11-9-20;/h8-11,21,23-24H,5-7,12-19H2,1-4H3,(H,26,27);1H. The Balaban J connectivity index is 0.00000385. The lowest BCUT2D eigenvalue weighted by molar-refractivity contribution is 0.00981. The van der Waals surface area contributed by atoms with E-state index in [1.807, 2.05) is 7.05 Å². The van der Waals surface area contributed by atoms with Gasteiger partial charge in [-0.3, -0.25) is 9.89 Å². The van der Waals surface area contributed by atoms with Gasteiger partial charge in [0.15, 0.2) is 5.96 Å². The Morgan fingerprint density at radius 1 is 1.06 bits per heavy atom. The predicted octanol–water partition coefficient (Wildman–Crippen LogP) is 3.79. The number of benzene rings is 1. The molecule has 0 radical (unpaired) electrons. The van der Waals surface area contributed by atoms with E-state index in [4.69, 9.17) is 14.2 Å². The number of ether oxygens (including phenoxy) is 3. The number of likely N-dealkylation sites (tertiary alicyclic amines) is 2. The number of hydrogen-bond acceptors (Lipinski definition) is 5. The Labute approximate surface area is 217 Å². The fourth-order valence-electron chi connectivity index (χ4n) is 5.04. The van der Waals surface area contributed by atoms with Crippen LogP contribution in [-0.4, -0.2) is 89.6 Å². The molecule has 3 rings (SSSR count). The highest BCUT2D eigenvalue weighted by Crippen LogP contribution is 2.35. The summed E-state index contributed by atoms with van der Waals surface area (Å²) >= 11 is 0. The number of halogens is 1. The largest absolute Gasteiger partial charge is 0.497 e. The van der Waals surface area contributed by atoms with Crippen LogP contribution in [0.4, 0.5) is 0 Å². The number of hydrogen-bond donors (Lipinski definition) is 1. The minimum atomic E-state index is 0. The van der Waals surface area contributed by atoms with Gasteiger partial charge in [0.2, 0.25) is 0 Å². The second-order valence-electron chi connectivity index (χ2n) is 8.93. The van der Waals surface area contributed by atoms with Gasteiger partial charge in [0, 0.05) is 53.0 Å². The van der Waals surface area contributed by atoms with Crippen molar-refractivity contribution in [2.24, 2.45) is 10.9 Å². The van der Waals surface area contributed by atoms with Gasteiger partial charge in [0.25, 0.3) is 0 Å². The highest BCUT2D eigenvalue weighted by Gasteiger charge is 2.31. The summed E-state index contributed by atoms with van der Waals surface area (Å²) in [6, 6.07) is 8.98. The van der Waals surface area contributed by atoms with Crippen molar-refractivity contribution in [3.05, 3.63) is 29.8 Å². The van der Waals surface area contributed by atoms with Gasteiger partial charge < -0.3 is 24.4 Å². The van der Waals surface area contributed by atoms with E-state index in [9.17, 15) is 0 Å². The lowest BCUT2D eigenvalue weighted by Gasteiger charge is -2.41. The van der Waals surface area contributed by atoms with Crippen LogP contribution in [0.1, 0.15) is 43.7 Å². The number of guanidine groups is 1. The molecule has 2 saturated heterocycles. The van der Waals surface area contributed by atoms with E-state index < -0.39 is 0 Å². The molecule has 2 aliphatic rings. The molecule has 0 aliphatic carbocycles. The van der Waals surface area contributed by atoms with Crippen molar-refractivity contribution in [2.75, 3.05) is 67.7 Å². The Kier molecular flexibility index (Phi) is 12.8. The monoisotopic (exact) mass is 574 g/mol. The third kappa shape index (κ3) is 8.26. The number of nitrogens with one attached hydrogen (secondary N) is 1. The zero-order valence-corrected chi connectivity index (χ0v) is 23.1. The van der Waals surface area contributed by atoms with E-state index in [0.29, 0.717) is 18.1 Å². The highest BCUT2D eigenvalue weighted by atomic mass is 127. The SMILES string of the molecule is CN=C(NCC1CCCN(C)C1c1ccc(OC)cc1)N1CCC(OCCCOC)CC1.I. The maximum absolute atomic E-state index is 6.01. The van der Waals surface area contributed by atoms with Crippen molar-refractivity contribution in [2.45, 2.75) is 44.2 Å². The second-order valence-corrected chi connectivity index (χ2v) is 8.93. The number of aliphatic imine (C=N–C) groups is 1. The smallest absolute Gasteiger partial charge is 0.193 e. The highest BCUT2D eigenvalue weighted by molar-refractivity contribution is 14.0. The quantitative estimate of drug-likeness (QED) is 0.210. The zero-order chi connectivity index (χ0) is 22.8. The van der Waals surface area contributed by atoms with Crippen molar-refractivity contribution < 1.29 is 14.2 Å². The molecule has 1 aromatic carbocycles. The molecule has 2 unspecified atom stereocenters. The first-order valence-electron chi connectivity index (χ1n) is 12.1. The first-order chi connectivity index (χ1) is 15.7. The minimum Gasteiger partial charge on any atom is -0.497 e. The molecular weight excluding hydrogens is 531 g/mol. The molecule has 0 aromatic heterocycles. The average molecular weight is 575 g/mol. The molecule has 0 saturated carbocycles. The molecule has 8 heteroatoms. The second kappa shape index (κ2) is 15.0. The van der Waals surface area contributed by atoms with Crippen LogP contribution in [0, 0.1) is 5.92 Å². The van der Waals surface area contributed by atoms with Crippen LogP contribution in [0.5, 0.6) is 5.75 Å². The maximum Gasteiger partial charge on any atom is 0.193 e. The summed E-state index contributed by atoms with van der Waals surface area (Å²) in [6.45, 7) is 5.60. The van der Waals surface area contributed by atoms with E-state index in [1.165, 1.54) is 18.4 Å². The maximum atomic E-state index is 6.01. The molecule has 1 N–H and O–H groups in total. The Morgan fingerprint density at radius 3 is 2.42 bits per heavy atom. The minimum absolute atomic E-state index is 0. The fraction of sp³-hybridized carbons (Fsp3) is 0.720. The summed E-state index contributed by atoms with van der Waals surface area (Å²) in [7, 11) is 7.59. The number of piperidine rings is 2. The van der Waals surface area contributed by atoms with Crippen molar-refractivity contribution >= 4 is 29.9 Å². The van der Waals surface area contributed by atoms with E-state index in [1.54, 1.807) is 14.2 Å². The summed E-state index contributed by atoms with van der Waals surface area (Å²) in [5, 5.41) is 3.69. The molecule has 2 atom stereocenters. The average Bonchev–Trinajstić information content (AvgIpc) is 2.83. The number of nitrogens with zero attached hydrogens (tertiary/aromatic N) is 3. The van der Waals surface area contributed by atoms with E-state index in [2.05, 4.69) is 51.4 Å². The van der Waals surface area contributed by atoms with Gasteiger partial charge in [-0.15, -0.1) is 24.0 Å². The van der Waals surface area contributed by atoms with Crippen LogP contribution in [-0.2, 0) is 9.47 Å². The molecule has 2 fully saturated rings. The summed E-state index contributed by atoms with van der Waals surface area (Å²) < 4.78 is 16.5. The molecule has 7 nitrogen and oxygen atoms in total. The summed E-state index contributed by atoms with van der Waals surface area (Å²) in [6.07, 6.45) is 5.88. The molecule has 0 bridgehead atoms. The van der Waals surface area contributed by atoms with E-state index >= 15 is 0 Å². The zero-order valence-electron chi connectivity index (χ0n) is 20.8. The Morgan fingerprint density at radius 2 is 1.79 bits per heavy atom. The molecule has 2 aliphatic heterocycles. The van der Waals surface area contributed by atoms with Crippen LogP contribution < -0.4 is 10.1 Å². The summed E-state index contributed by atoms with van der Waals surface area (Å²) in [5.74, 6) is 2.47. The topological polar surface area (TPSA) is 58.6 Å². The van der Waals surface area contributed by atoms with Crippen molar-refractivity contribution in [3.63, 3.8) is 0 Å². The van der Waals surface area contributed by atoms with Crippen molar-refractivity contribution in [1.29, 1.82) is 0 Å². The summed E-state index contributed by atoms with van der Waals surface area (Å²) in [4.78, 5) is 9.46. The molecule has 1 aromatic rings. The first-order valence-corrected chi connectivity index (χ1v) is 12.1. The third-order valence-corrected chi connectivity index (χ3v) is 6.79. The van der Waals surface area contributed by atoms with Gasteiger partial charge in [-0.2, -0.15) is 0 Å². The normalized spacial score (nSPS) is 22.7. The van der Waals surface area contributed by atoms with Crippen LogP contribution in [0.2, 0.25) is 0 Å². The molecule has 2 heterocycles. The van der Waals surface area contributed by atoms with Gasteiger partial charge in [0.1, 0.15) is 5.75 Å². The lowest BCUT2D eigenvalue weighted by Crippen LogP contribution is -2.49. The third-order valence-electron chi connectivity index (χ3n) is 6.79. The van der Waals surface area contributed by atoms with Crippen LogP contribution in [0.25, 0.3) is 0 Å². The summed E-state index contributed by atoms with van der Waals surface area (Å²) in [5.41, 5.74) is 1.36. The van der Waals surface area contributed by atoms with Gasteiger partial charge in [-0.05, 0) is 69.3 Å². The molecular formula is C25H43IN4O3. The van der Waals surface area contributed by atoms with Gasteiger partial charge in [-0.25, -0.2) is 0 Å². The molecule has 33 heavy (non-hydrogen) atoms. The van der Waals surface area contributed by atoms with E-state index in [-0.39, 0.29) is 24.0 Å². The molecule has 0 amide bonds. The van der Waals surface area contributed by atoms with Gasteiger partial charge >= 0.3 is 0 Å². The van der Waals surface area contributed by atoms with Crippen molar-refractivity contribution in [1.82, 2.24) is 15.1 Å². The fourth-order valence-corrected chi connectivity index (χ4v) is 5.04. The predicted molar refractivity (Wildman–Crippen MR) is 145 cm³/mol. The van der Waals surface area contributed by atoms with E-state index in [0.717, 1.165) is 70.4 Å². The van der Waals surface area contributed by atoms with Crippen LogP contribution >= 0.6 is 24.0 Å². The molecule has 0 spiro atoms. The molecule has 188 valence electrons. The van der Waals surface area contributed by atoms with Crippen molar-refractivity contribution in [3.8, 4) is 5.75 Å². The van der Waals surface area contributed by atoms with Crippen LogP contribution in [0.3, 0.4) is 0 Å². The number of methoxy groups -OCH3 is 2. The van der Waals surface area contributed by atoms with Gasteiger partial charge in [0.05, 0.1) is 13.2 Å². The Bertz CT molecular complexity index is 695. The lowest BCUT2D eigenvalue weighted by atomic mass is 9.85.